The Morgan fingerprint density at radius 2 is 1.79 bits per heavy atom. The number of benzene rings is 3. The molecule has 1 N–H and O–H groups in total. The third-order valence-corrected chi connectivity index (χ3v) is 6.03. The molecule has 0 aliphatic rings. The number of halogens is 1. The molecule has 29 heavy (non-hydrogen) atoms. The van der Waals surface area contributed by atoms with Crippen LogP contribution in [0.2, 0.25) is 0 Å². The molecular formula is C24H21IO3S. The molecule has 0 aromatic heterocycles. The van der Waals surface area contributed by atoms with Crippen molar-refractivity contribution in [1.29, 1.82) is 0 Å². The number of carbonyl (C=O) groups is 1. The van der Waals surface area contributed by atoms with Crippen LogP contribution in [0.5, 0.6) is 5.75 Å². The zero-order chi connectivity index (χ0) is 20.6. The van der Waals surface area contributed by atoms with Crippen LogP contribution in [0.15, 0.2) is 83.8 Å². The number of aliphatic carboxylic acids is 1. The third kappa shape index (κ3) is 6.37. The van der Waals surface area contributed by atoms with Gasteiger partial charge in [0.05, 0.1) is 0 Å². The van der Waals surface area contributed by atoms with Crippen LogP contribution in [0.4, 0.5) is 0 Å². The zero-order valence-corrected chi connectivity index (χ0v) is 18.9. The van der Waals surface area contributed by atoms with Gasteiger partial charge in [0.25, 0.3) is 0 Å². The molecular weight excluding hydrogens is 495 g/mol. The summed E-state index contributed by atoms with van der Waals surface area (Å²) in [5.74, 6) is 0.426. The van der Waals surface area contributed by atoms with Gasteiger partial charge < -0.3 is 9.84 Å². The summed E-state index contributed by atoms with van der Waals surface area (Å²) < 4.78 is 6.46. The molecule has 0 fully saturated rings. The van der Waals surface area contributed by atoms with Crippen LogP contribution in [-0.2, 0) is 4.79 Å². The van der Waals surface area contributed by atoms with Crippen molar-refractivity contribution >= 4 is 45.9 Å². The highest BCUT2D eigenvalue weighted by molar-refractivity contribution is 14.1. The predicted molar refractivity (Wildman–Crippen MR) is 128 cm³/mol. The molecule has 0 saturated carbocycles. The molecule has 3 nitrogen and oxygen atoms in total. The number of carboxylic acid groups (broad SMARTS) is 1. The highest BCUT2D eigenvalue weighted by atomic mass is 127. The van der Waals surface area contributed by atoms with Gasteiger partial charge in [0.1, 0.15) is 5.75 Å². The van der Waals surface area contributed by atoms with Crippen LogP contribution < -0.4 is 4.74 Å². The van der Waals surface area contributed by atoms with Crippen LogP contribution >= 0.6 is 34.4 Å². The van der Waals surface area contributed by atoms with Crippen LogP contribution in [0, 0.1) is 10.5 Å². The molecule has 5 heteroatoms. The third-order valence-electron chi connectivity index (χ3n) is 4.26. The Morgan fingerprint density at radius 1 is 1.03 bits per heavy atom. The normalized spacial score (nSPS) is 11.3. The zero-order valence-electron chi connectivity index (χ0n) is 16.0. The fraction of sp³-hybridized carbons (Fsp3) is 0.125. The summed E-state index contributed by atoms with van der Waals surface area (Å²) in [6, 6.07) is 24.6. The van der Waals surface area contributed by atoms with Gasteiger partial charge >= 0.3 is 5.97 Å². The first kappa shape index (κ1) is 21.5. The van der Waals surface area contributed by atoms with E-state index in [-0.39, 0.29) is 6.61 Å². The first-order chi connectivity index (χ1) is 14.0. The summed E-state index contributed by atoms with van der Waals surface area (Å²) in [4.78, 5) is 11.8. The maximum absolute atomic E-state index is 10.6. The fourth-order valence-electron chi connectivity index (χ4n) is 2.91. The Balaban J connectivity index is 1.77. The summed E-state index contributed by atoms with van der Waals surface area (Å²) in [5.41, 5.74) is 4.69. The lowest BCUT2D eigenvalue weighted by Gasteiger charge is -2.11. The molecule has 0 bridgehead atoms. The Kier molecular flexibility index (Phi) is 7.77. The van der Waals surface area contributed by atoms with Gasteiger partial charge in [-0.25, -0.2) is 4.79 Å². The summed E-state index contributed by atoms with van der Waals surface area (Å²) in [5, 5.41) is 8.74. The first-order valence-corrected chi connectivity index (χ1v) is 11.2. The Hall–Kier alpha value is -2.25. The van der Waals surface area contributed by atoms with E-state index in [1.165, 1.54) is 20.3 Å². The molecule has 0 radical (unpaired) electrons. The standard InChI is InChI=1S/C24H21IO3S/c1-17-14-21(28-16-24(26)27)10-11-23(17)29-13-12-22(18-6-3-2-4-7-18)19-8-5-9-20(25)15-19/h2-12,14-15H,13,16H2,1H3,(H,26,27)/b22-12-. The molecule has 0 spiro atoms. The molecule has 148 valence electrons. The van der Waals surface area contributed by atoms with Crippen molar-refractivity contribution in [3.8, 4) is 5.75 Å². The van der Waals surface area contributed by atoms with Crippen molar-refractivity contribution in [3.63, 3.8) is 0 Å². The second-order valence-electron chi connectivity index (χ2n) is 6.41. The largest absolute Gasteiger partial charge is 0.482 e. The quantitative estimate of drug-likeness (QED) is 0.283. The lowest BCUT2D eigenvalue weighted by atomic mass is 9.98. The molecule has 0 unspecified atom stereocenters. The van der Waals surface area contributed by atoms with Crippen molar-refractivity contribution in [2.75, 3.05) is 12.4 Å². The van der Waals surface area contributed by atoms with Crippen molar-refractivity contribution in [2.24, 2.45) is 0 Å². The Labute approximate surface area is 188 Å². The second kappa shape index (κ2) is 10.5. The highest BCUT2D eigenvalue weighted by Crippen LogP contribution is 2.29. The van der Waals surface area contributed by atoms with Crippen LogP contribution in [0.1, 0.15) is 16.7 Å². The van der Waals surface area contributed by atoms with E-state index in [0.29, 0.717) is 5.75 Å². The number of hydrogen-bond donors (Lipinski definition) is 1. The fourth-order valence-corrected chi connectivity index (χ4v) is 4.33. The van der Waals surface area contributed by atoms with Gasteiger partial charge in [0, 0.05) is 14.2 Å². The maximum atomic E-state index is 10.6. The number of aryl methyl sites for hydroxylation is 1. The molecule has 3 rings (SSSR count). The molecule has 3 aromatic carbocycles. The average Bonchev–Trinajstić information content (AvgIpc) is 2.71. The SMILES string of the molecule is Cc1cc(OCC(=O)O)ccc1SC/C=C(/c1ccccc1)c1cccc(I)c1. The lowest BCUT2D eigenvalue weighted by molar-refractivity contribution is -0.139. The molecule has 0 heterocycles. The van der Waals surface area contributed by atoms with E-state index in [4.69, 9.17) is 9.84 Å². The van der Waals surface area contributed by atoms with Crippen LogP contribution in [0.25, 0.3) is 5.57 Å². The number of rotatable bonds is 8. The van der Waals surface area contributed by atoms with Gasteiger partial charge in [-0.1, -0.05) is 48.5 Å². The molecule has 0 saturated heterocycles. The minimum atomic E-state index is -0.977. The van der Waals surface area contributed by atoms with E-state index in [2.05, 4.69) is 77.2 Å². The number of hydrogen-bond acceptors (Lipinski definition) is 3. The van der Waals surface area contributed by atoms with E-state index in [9.17, 15) is 4.79 Å². The molecule has 0 atom stereocenters. The molecule has 3 aromatic rings. The van der Waals surface area contributed by atoms with Crippen molar-refractivity contribution in [2.45, 2.75) is 11.8 Å². The summed E-state index contributed by atoms with van der Waals surface area (Å²) in [6.07, 6.45) is 2.26. The van der Waals surface area contributed by atoms with Crippen LogP contribution in [-0.4, -0.2) is 23.4 Å². The monoisotopic (exact) mass is 516 g/mol. The van der Waals surface area contributed by atoms with Gasteiger partial charge in [0.2, 0.25) is 0 Å². The number of thioether (sulfide) groups is 1. The lowest BCUT2D eigenvalue weighted by Crippen LogP contribution is -2.09. The van der Waals surface area contributed by atoms with E-state index >= 15 is 0 Å². The number of carboxylic acids is 1. The molecule has 0 amide bonds. The van der Waals surface area contributed by atoms with Gasteiger partial charge in [-0.2, -0.15) is 0 Å². The van der Waals surface area contributed by atoms with E-state index in [1.807, 2.05) is 31.2 Å². The molecule has 0 aliphatic heterocycles. The van der Waals surface area contributed by atoms with E-state index in [1.54, 1.807) is 11.8 Å². The van der Waals surface area contributed by atoms with Crippen LogP contribution in [0.3, 0.4) is 0 Å². The van der Waals surface area contributed by atoms with Gasteiger partial charge in [-0.05, 0) is 82.1 Å². The van der Waals surface area contributed by atoms with E-state index < -0.39 is 5.97 Å². The smallest absolute Gasteiger partial charge is 0.341 e. The Morgan fingerprint density at radius 3 is 2.48 bits per heavy atom. The summed E-state index contributed by atoms with van der Waals surface area (Å²) >= 11 is 4.09. The van der Waals surface area contributed by atoms with Crippen molar-refractivity contribution < 1.29 is 14.6 Å². The topological polar surface area (TPSA) is 46.5 Å². The van der Waals surface area contributed by atoms with Gasteiger partial charge in [-0.3, -0.25) is 0 Å². The maximum Gasteiger partial charge on any atom is 0.341 e. The number of ether oxygens (including phenoxy) is 1. The van der Waals surface area contributed by atoms with Gasteiger partial charge in [0.15, 0.2) is 6.61 Å². The first-order valence-electron chi connectivity index (χ1n) is 9.12. The predicted octanol–water partition coefficient (Wildman–Crippen LogP) is 6.29. The summed E-state index contributed by atoms with van der Waals surface area (Å²) in [6.45, 7) is 1.68. The second-order valence-corrected chi connectivity index (χ2v) is 8.72. The Bertz CT molecular complexity index is 1020. The summed E-state index contributed by atoms with van der Waals surface area (Å²) in [7, 11) is 0. The van der Waals surface area contributed by atoms with Crippen molar-refractivity contribution in [1.82, 2.24) is 0 Å². The van der Waals surface area contributed by atoms with Crippen molar-refractivity contribution in [3.05, 3.63) is 99.1 Å². The minimum Gasteiger partial charge on any atom is -0.482 e. The minimum absolute atomic E-state index is 0.328. The molecule has 0 aliphatic carbocycles. The van der Waals surface area contributed by atoms with Gasteiger partial charge in [-0.15, -0.1) is 11.8 Å². The average molecular weight is 516 g/mol. The highest BCUT2D eigenvalue weighted by Gasteiger charge is 2.07. The van der Waals surface area contributed by atoms with E-state index in [0.717, 1.165) is 16.2 Å².